The van der Waals surface area contributed by atoms with Gasteiger partial charge in [-0.2, -0.15) is 0 Å². The van der Waals surface area contributed by atoms with E-state index in [2.05, 4.69) is 17.2 Å². The number of amides is 1. The SMILES string of the molecule is CC(C)OC(=O)c1c(NC(=O)COC(=O)c2ccc[nH]2)sc2c1CC[C@H](C)C2. The quantitative estimate of drug-likeness (QED) is 0.718. The highest BCUT2D eigenvalue weighted by Crippen LogP contribution is 2.40. The smallest absolute Gasteiger partial charge is 0.355 e. The van der Waals surface area contributed by atoms with Gasteiger partial charge in [-0.3, -0.25) is 4.79 Å². The van der Waals surface area contributed by atoms with Crippen LogP contribution in [0.15, 0.2) is 18.3 Å². The molecule has 0 aliphatic heterocycles. The molecule has 0 unspecified atom stereocenters. The van der Waals surface area contributed by atoms with Gasteiger partial charge in [0.05, 0.1) is 11.7 Å². The molecule has 7 nitrogen and oxygen atoms in total. The van der Waals surface area contributed by atoms with Gasteiger partial charge in [0.1, 0.15) is 10.7 Å². The first-order chi connectivity index (χ1) is 13.3. The van der Waals surface area contributed by atoms with Gasteiger partial charge in [-0.05, 0) is 56.7 Å². The lowest BCUT2D eigenvalue weighted by Gasteiger charge is -2.18. The van der Waals surface area contributed by atoms with Gasteiger partial charge < -0.3 is 19.8 Å². The van der Waals surface area contributed by atoms with Crippen molar-refractivity contribution in [3.8, 4) is 0 Å². The molecule has 3 rings (SSSR count). The minimum Gasteiger partial charge on any atom is -0.459 e. The molecule has 2 heterocycles. The van der Waals surface area contributed by atoms with E-state index in [0.29, 0.717) is 16.5 Å². The van der Waals surface area contributed by atoms with Gasteiger partial charge in [0.15, 0.2) is 6.61 Å². The normalized spacial score (nSPS) is 15.8. The van der Waals surface area contributed by atoms with Crippen molar-refractivity contribution in [1.82, 2.24) is 4.98 Å². The molecule has 0 aromatic carbocycles. The number of nitrogens with one attached hydrogen (secondary N) is 2. The molecule has 0 saturated carbocycles. The molecule has 0 bridgehead atoms. The highest BCUT2D eigenvalue weighted by Gasteiger charge is 2.29. The largest absolute Gasteiger partial charge is 0.459 e. The summed E-state index contributed by atoms with van der Waals surface area (Å²) in [5.74, 6) is -1.00. The third-order valence-corrected chi connectivity index (χ3v) is 5.63. The third-order valence-electron chi connectivity index (χ3n) is 4.46. The Hall–Kier alpha value is -2.61. The predicted molar refractivity (Wildman–Crippen MR) is 106 cm³/mol. The Morgan fingerprint density at radius 1 is 1.32 bits per heavy atom. The second-order valence-corrected chi connectivity index (χ2v) is 8.32. The number of aromatic nitrogens is 1. The second-order valence-electron chi connectivity index (χ2n) is 7.22. The molecule has 1 atom stereocenters. The molecule has 2 N–H and O–H groups in total. The minimum absolute atomic E-state index is 0.254. The molecule has 0 spiro atoms. The Morgan fingerprint density at radius 2 is 2.11 bits per heavy atom. The molecule has 150 valence electrons. The van der Waals surface area contributed by atoms with Crippen LogP contribution in [0.25, 0.3) is 0 Å². The number of thiophene rings is 1. The third kappa shape index (κ3) is 4.62. The first kappa shape index (κ1) is 20.1. The van der Waals surface area contributed by atoms with Crippen LogP contribution in [0.5, 0.6) is 0 Å². The summed E-state index contributed by atoms with van der Waals surface area (Å²) in [6.45, 7) is 5.32. The van der Waals surface area contributed by atoms with Crippen molar-refractivity contribution in [1.29, 1.82) is 0 Å². The standard InChI is InChI=1S/C20H24N2O5S/c1-11(2)27-20(25)17-13-7-6-12(3)9-15(13)28-18(17)22-16(23)10-26-19(24)14-5-4-8-21-14/h4-5,8,11-12,21H,6-7,9-10H2,1-3H3,(H,22,23)/t12-/m0/s1. The summed E-state index contributed by atoms with van der Waals surface area (Å²) in [6, 6.07) is 3.23. The zero-order valence-corrected chi connectivity index (χ0v) is 17.0. The van der Waals surface area contributed by atoms with E-state index in [4.69, 9.17) is 9.47 Å². The van der Waals surface area contributed by atoms with Gasteiger partial charge in [0, 0.05) is 11.1 Å². The van der Waals surface area contributed by atoms with Crippen LogP contribution in [0, 0.1) is 5.92 Å². The van der Waals surface area contributed by atoms with Gasteiger partial charge in [-0.15, -0.1) is 11.3 Å². The molecule has 2 aromatic heterocycles. The van der Waals surface area contributed by atoms with E-state index in [1.807, 2.05) is 0 Å². The van der Waals surface area contributed by atoms with Crippen LogP contribution in [0.4, 0.5) is 5.00 Å². The van der Waals surface area contributed by atoms with Crippen molar-refractivity contribution in [3.05, 3.63) is 40.0 Å². The van der Waals surface area contributed by atoms with E-state index < -0.39 is 24.5 Å². The summed E-state index contributed by atoms with van der Waals surface area (Å²) < 4.78 is 10.4. The van der Waals surface area contributed by atoms with E-state index in [9.17, 15) is 14.4 Å². The lowest BCUT2D eigenvalue weighted by molar-refractivity contribution is -0.119. The number of esters is 2. The molecule has 1 aliphatic rings. The Bertz CT molecular complexity index is 870. The van der Waals surface area contributed by atoms with Crippen molar-refractivity contribution < 1.29 is 23.9 Å². The van der Waals surface area contributed by atoms with E-state index in [0.717, 1.165) is 29.7 Å². The van der Waals surface area contributed by atoms with Crippen LogP contribution in [0.3, 0.4) is 0 Å². The number of H-pyrrole nitrogens is 1. The fourth-order valence-electron chi connectivity index (χ4n) is 3.16. The fourth-order valence-corrected chi connectivity index (χ4v) is 4.57. The number of carbonyl (C=O) groups excluding carboxylic acids is 3. The number of hydrogen-bond acceptors (Lipinski definition) is 6. The first-order valence-electron chi connectivity index (χ1n) is 9.31. The van der Waals surface area contributed by atoms with E-state index in [1.54, 1.807) is 32.2 Å². The number of rotatable bonds is 6. The zero-order valence-electron chi connectivity index (χ0n) is 16.2. The maximum Gasteiger partial charge on any atom is 0.355 e. The monoisotopic (exact) mass is 404 g/mol. The lowest BCUT2D eigenvalue weighted by Crippen LogP contribution is -2.22. The molecule has 0 saturated heterocycles. The topological polar surface area (TPSA) is 97.5 Å². The van der Waals surface area contributed by atoms with Gasteiger partial charge in [0.2, 0.25) is 0 Å². The van der Waals surface area contributed by atoms with Crippen LogP contribution in [0.1, 0.15) is 58.5 Å². The minimum atomic E-state index is -0.612. The molecule has 2 aromatic rings. The van der Waals surface area contributed by atoms with Crippen LogP contribution >= 0.6 is 11.3 Å². The maximum absolute atomic E-state index is 12.6. The number of fused-ring (bicyclic) bond motifs is 1. The Morgan fingerprint density at radius 3 is 2.79 bits per heavy atom. The summed E-state index contributed by atoms with van der Waals surface area (Å²) in [4.78, 5) is 40.6. The van der Waals surface area contributed by atoms with E-state index in [-0.39, 0.29) is 11.8 Å². The maximum atomic E-state index is 12.6. The molecule has 0 fully saturated rings. The molecule has 0 radical (unpaired) electrons. The number of aromatic amines is 1. The molecule has 28 heavy (non-hydrogen) atoms. The average molecular weight is 404 g/mol. The van der Waals surface area contributed by atoms with Crippen LogP contribution in [-0.2, 0) is 27.1 Å². The van der Waals surface area contributed by atoms with Crippen molar-refractivity contribution in [2.75, 3.05) is 11.9 Å². The van der Waals surface area contributed by atoms with Crippen molar-refractivity contribution in [2.24, 2.45) is 5.92 Å². The molecule has 8 heteroatoms. The summed E-state index contributed by atoms with van der Waals surface area (Å²) in [5, 5.41) is 3.19. The van der Waals surface area contributed by atoms with Crippen LogP contribution in [-0.4, -0.2) is 35.5 Å². The number of carbonyl (C=O) groups is 3. The molecule has 1 amide bonds. The zero-order chi connectivity index (χ0) is 20.3. The first-order valence-corrected chi connectivity index (χ1v) is 10.1. The molecular formula is C20H24N2O5S. The summed E-state index contributed by atoms with van der Waals surface area (Å²) in [6.07, 6.45) is 4.00. The summed E-state index contributed by atoms with van der Waals surface area (Å²) in [7, 11) is 0. The second kappa shape index (κ2) is 8.60. The van der Waals surface area contributed by atoms with E-state index in [1.165, 1.54) is 11.3 Å². The average Bonchev–Trinajstić information content (AvgIpc) is 3.26. The summed E-state index contributed by atoms with van der Waals surface area (Å²) >= 11 is 1.40. The Labute approximate surface area is 167 Å². The van der Waals surface area contributed by atoms with Crippen LogP contribution < -0.4 is 5.32 Å². The lowest BCUT2D eigenvalue weighted by atomic mass is 9.88. The number of anilines is 1. The number of hydrogen-bond donors (Lipinski definition) is 2. The highest BCUT2D eigenvalue weighted by molar-refractivity contribution is 7.17. The molecular weight excluding hydrogens is 380 g/mol. The van der Waals surface area contributed by atoms with Crippen molar-refractivity contribution >= 4 is 34.2 Å². The Balaban J connectivity index is 1.74. The van der Waals surface area contributed by atoms with E-state index >= 15 is 0 Å². The Kier molecular flexibility index (Phi) is 6.18. The van der Waals surface area contributed by atoms with Crippen molar-refractivity contribution in [3.63, 3.8) is 0 Å². The van der Waals surface area contributed by atoms with Gasteiger partial charge in [0.25, 0.3) is 5.91 Å². The summed E-state index contributed by atoms with van der Waals surface area (Å²) in [5.41, 5.74) is 1.67. The number of ether oxygens (including phenoxy) is 2. The van der Waals surface area contributed by atoms with Gasteiger partial charge in [-0.25, -0.2) is 9.59 Å². The predicted octanol–water partition coefficient (Wildman–Crippen LogP) is 3.56. The van der Waals surface area contributed by atoms with Gasteiger partial charge in [-0.1, -0.05) is 6.92 Å². The molecule has 1 aliphatic carbocycles. The van der Waals surface area contributed by atoms with Gasteiger partial charge >= 0.3 is 11.9 Å². The van der Waals surface area contributed by atoms with Crippen molar-refractivity contribution in [2.45, 2.75) is 46.1 Å². The van der Waals surface area contributed by atoms with Crippen LogP contribution in [0.2, 0.25) is 0 Å². The fraction of sp³-hybridized carbons (Fsp3) is 0.450. The highest BCUT2D eigenvalue weighted by atomic mass is 32.1.